The van der Waals surface area contributed by atoms with E-state index < -0.39 is 0 Å². The molecule has 27 heavy (non-hydrogen) atoms. The van der Waals surface area contributed by atoms with Crippen molar-refractivity contribution in [2.24, 2.45) is 0 Å². The maximum atomic E-state index is 12.7. The summed E-state index contributed by atoms with van der Waals surface area (Å²) in [7, 11) is 1.56. The van der Waals surface area contributed by atoms with E-state index in [-0.39, 0.29) is 11.7 Å². The predicted molar refractivity (Wildman–Crippen MR) is 100 cm³/mol. The van der Waals surface area contributed by atoms with Gasteiger partial charge in [-0.05, 0) is 36.4 Å². The molecule has 3 aromatic heterocycles. The number of carbonyl (C=O) groups is 1. The minimum atomic E-state index is -0.352. The summed E-state index contributed by atoms with van der Waals surface area (Å²) < 4.78 is 16.4. The lowest BCUT2D eigenvalue weighted by molar-refractivity contribution is 0.0998. The molecular formula is C19H15N3O4S. The van der Waals surface area contributed by atoms with Crippen LogP contribution < -0.4 is 10.1 Å². The van der Waals surface area contributed by atoms with E-state index in [4.69, 9.17) is 13.7 Å². The Hall–Kier alpha value is -3.13. The van der Waals surface area contributed by atoms with E-state index in [1.807, 2.05) is 23.6 Å². The number of hydrogen-bond acceptors (Lipinski definition) is 7. The second-order valence-electron chi connectivity index (χ2n) is 6.34. The van der Waals surface area contributed by atoms with Crippen LogP contribution in [0, 0.1) is 0 Å². The maximum Gasteiger partial charge on any atom is 0.291 e. The highest BCUT2D eigenvalue weighted by molar-refractivity contribution is 7.14. The SMILES string of the molecule is COc1cccc2cc(C(=O)Nc3ccsc3-c3nc(C4CC4)no3)oc12. The zero-order valence-electron chi connectivity index (χ0n) is 14.4. The summed E-state index contributed by atoms with van der Waals surface area (Å²) in [4.78, 5) is 17.9. The van der Waals surface area contributed by atoms with Gasteiger partial charge in [0.15, 0.2) is 22.9 Å². The maximum absolute atomic E-state index is 12.7. The van der Waals surface area contributed by atoms with Crippen LogP contribution in [-0.2, 0) is 0 Å². The molecule has 1 saturated carbocycles. The molecule has 136 valence electrons. The number of nitrogens with zero attached hydrogens (tertiary/aromatic N) is 2. The summed E-state index contributed by atoms with van der Waals surface area (Å²) in [5.41, 5.74) is 1.16. The van der Waals surface area contributed by atoms with Gasteiger partial charge in [-0.25, -0.2) is 0 Å². The summed E-state index contributed by atoms with van der Waals surface area (Å²) >= 11 is 1.43. The number of para-hydroxylation sites is 1. The van der Waals surface area contributed by atoms with Gasteiger partial charge in [0.2, 0.25) is 0 Å². The lowest BCUT2D eigenvalue weighted by Crippen LogP contribution is -2.10. The Morgan fingerprint density at radius 2 is 2.22 bits per heavy atom. The molecule has 0 spiro atoms. The Morgan fingerprint density at radius 1 is 1.33 bits per heavy atom. The first-order valence-electron chi connectivity index (χ1n) is 8.52. The molecule has 7 nitrogen and oxygen atoms in total. The van der Waals surface area contributed by atoms with Gasteiger partial charge in [-0.2, -0.15) is 4.98 Å². The van der Waals surface area contributed by atoms with Gasteiger partial charge in [0.25, 0.3) is 11.8 Å². The van der Waals surface area contributed by atoms with E-state index in [9.17, 15) is 4.79 Å². The first-order chi connectivity index (χ1) is 13.2. The van der Waals surface area contributed by atoms with Crippen molar-refractivity contribution in [3.8, 4) is 16.5 Å². The number of thiophene rings is 1. The molecule has 4 aromatic rings. The second kappa shape index (κ2) is 6.24. The molecule has 1 aromatic carbocycles. The Bertz CT molecular complexity index is 1140. The fourth-order valence-electron chi connectivity index (χ4n) is 2.90. The molecule has 0 aliphatic heterocycles. The van der Waals surface area contributed by atoms with Crippen LogP contribution in [0.1, 0.15) is 35.1 Å². The van der Waals surface area contributed by atoms with Crippen molar-refractivity contribution in [1.82, 2.24) is 10.1 Å². The third-order valence-electron chi connectivity index (χ3n) is 4.44. The molecule has 0 atom stereocenters. The number of methoxy groups -OCH3 is 1. The van der Waals surface area contributed by atoms with E-state index >= 15 is 0 Å². The van der Waals surface area contributed by atoms with Crippen molar-refractivity contribution < 1.29 is 18.5 Å². The van der Waals surface area contributed by atoms with Crippen LogP contribution in [0.3, 0.4) is 0 Å². The Kier molecular flexibility index (Phi) is 3.71. The van der Waals surface area contributed by atoms with Crippen molar-refractivity contribution in [1.29, 1.82) is 0 Å². The van der Waals surface area contributed by atoms with Gasteiger partial charge in [-0.1, -0.05) is 17.3 Å². The molecule has 3 heterocycles. The number of ether oxygens (including phenoxy) is 1. The average Bonchev–Trinajstić information content (AvgIpc) is 3.10. The molecule has 0 unspecified atom stereocenters. The number of aromatic nitrogens is 2. The summed E-state index contributed by atoms with van der Waals surface area (Å²) in [5, 5.41) is 9.57. The number of fused-ring (bicyclic) bond motifs is 1. The van der Waals surface area contributed by atoms with Gasteiger partial charge in [0.05, 0.1) is 12.8 Å². The van der Waals surface area contributed by atoms with Crippen molar-refractivity contribution in [3.63, 3.8) is 0 Å². The molecule has 1 aliphatic carbocycles. The second-order valence-corrected chi connectivity index (χ2v) is 7.25. The quantitative estimate of drug-likeness (QED) is 0.540. The van der Waals surface area contributed by atoms with Crippen LogP contribution in [0.25, 0.3) is 21.7 Å². The van der Waals surface area contributed by atoms with Gasteiger partial charge >= 0.3 is 0 Å². The van der Waals surface area contributed by atoms with Crippen LogP contribution >= 0.6 is 11.3 Å². The average molecular weight is 381 g/mol. The van der Waals surface area contributed by atoms with Gasteiger partial charge < -0.3 is 19.0 Å². The molecule has 1 aliphatic rings. The third kappa shape index (κ3) is 2.87. The summed E-state index contributed by atoms with van der Waals surface area (Å²) in [5.74, 6) is 2.01. The van der Waals surface area contributed by atoms with E-state index in [1.165, 1.54) is 11.3 Å². The molecule has 8 heteroatoms. The third-order valence-corrected chi connectivity index (χ3v) is 5.35. The molecule has 1 N–H and O–H groups in total. The topological polar surface area (TPSA) is 90.4 Å². The summed E-state index contributed by atoms with van der Waals surface area (Å²) in [6.45, 7) is 0. The highest BCUT2D eigenvalue weighted by atomic mass is 32.1. The number of hydrogen-bond donors (Lipinski definition) is 1. The minimum absolute atomic E-state index is 0.204. The molecule has 1 amide bonds. The van der Waals surface area contributed by atoms with E-state index in [2.05, 4.69) is 15.5 Å². The Labute approximate surface area is 157 Å². The molecule has 5 rings (SSSR count). The number of anilines is 1. The highest BCUT2D eigenvalue weighted by Crippen LogP contribution is 2.40. The fourth-order valence-corrected chi connectivity index (χ4v) is 3.67. The van der Waals surface area contributed by atoms with Crippen LogP contribution in [0.2, 0.25) is 0 Å². The largest absolute Gasteiger partial charge is 0.493 e. The van der Waals surface area contributed by atoms with Crippen molar-refractivity contribution in [2.75, 3.05) is 12.4 Å². The van der Waals surface area contributed by atoms with Crippen molar-refractivity contribution >= 4 is 33.9 Å². The van der Waals surface area contributed by atoms with E-state index in [0.29, 0.717) is 28.8 Å². The lowest BCUT2D eigenvalue weighted by atomic mass is 10.2. The Balaban J connectivity index is 1.42. The molecule has 1 fully saturated rings. The number of benzene rings is 1. The van der Waals surface area contributed by atoms with Crippen LogP contribution in [0.4, 0.5) is 5.69 Å². The van der Waals surface area contributed by atoms with Crippen LogP contribution in [0.15, 0.2) is 44.7 Å². The fraction of sp³-hybridized carbons (Fsp3) is 0.211. The standard InChI is InChI=1S/C19H15N3O4S/c1-24-13-4-2-3-11-9-14(25-15(11)13)18(23)20-12-7-8-27-16(12)19-21-17(22-26-19)10-5-6-10/h2-4,7-10H,5-6H2,1H3,(H,20,23). The van der Waals surface area contributed by atoms with Gasteiger partial charge in [0.1, 0.15) is 4.88 Å². The first-order valence-corrected chi connectivity index (χ1v) is 9.40. The molecule has 0 bridgehead atoms. The highest BCUT2D eigenvalue weighted by Gasteiger charge is 2.29. The number of carbonyl (C=O) groups excluding carboxylic acids is 1. The first kappa shape index (κ1) is 16.1. The van der Waals surface area contributed by atoms with Gasteiger partial charge in [-0.3, -0.25) is 4.79 Å². The van der Waals surface area contributed by atoms with E-state index in [1.54, 1.807) is 19.2 Å². The van der Waals surface area contributed by atoms with Crippen LogP contribution in [0.5, 0.6) is 5.75 Å². The zero-order chi connectivity index (χ0) is 18.4. The number of amides is 1. The van der Waals surface area contributed by atoms with Gasteiger partial charge in [-0.15, -0.1) is 11.3 Å². The Morgan fingerprint density at radius 3 is 3.04 bits per heavy atom. The van der Waals surface area contributed by atoms with Crippen LogP contribution in [-0.4, -0.2) is 23.2 Å². The molecular weight excluding hydrogens is 366 g/mol. The minimum Gasteiger partial charge on any atom is -0.493 e. The summed E-state index contributed by atoms with van der Waals surface area (Å²) in [6.07, 6.45) is 2.20. The number of furan rings is 1. The normalized spacial score (nSPS) is 13.8. The molecule has 0 radical (unpaired) electrons. The number of rotatable bonds is 5. The summed E-state index contributed by atoms with van der Waals surface area (Å²) in [6, 6.07) is 9.01. The predicted octanol–water partition coefficient (Wildman–Crippen LogP) is 4.68. The number of nitrogens with one attached hydrogen (secondary N) is 1. The molecule has 0 saturated heterocycles. The van der Waals surface area contributed by atoms with Crippen molar-refractivity contribution in [2.45, 2.75) is 18.8 Å². The van der Waals surface area contributed by atoms with Gasteiger partial charge in [0, 0.05) is 11.3 Å². The monoisotopic (exact) mass is 381 g/mol. The van der Waals surface area contributed by atoms with Crippen molar-refractivity contribution in [3.05, 3.63) is 47.3 Å². The lowest BCUT2D eigenvalue weighted by Gasteiger charge is -2.02. The smallest absolute Gasteiger partial charge is 0.291 e. The zero-order valence-corrected chi connectivity index (χ0v) is 15.2. The van der Waals surface area contributed by atoms with E-state index in [0.717, 1.165) is 28.9 Å².